The molecule has 0 amide bonds. The summed E-state index contributed by atoms with van der Waals surface area (Å²) in [5.74, 6) is -0.918. The molecule has 0 atom stereocenters. The first-order chi connectivity index (χ1) is 6.59. The molecule has 0 radical (unpaired) electrons. The third kappa shape index (κ3) is 3.14. The van der Waals surface area contributed by atoms with Gasteiger partial charge in [-0.3, -0.25) is 4.98 Å². The summed E-state index contributed by atoms with van der Waals surface area (Å²) in [6.45, 7) is 4.65. The molecule has 2 N–H and O–H groups in total. The van der Waals surface area contributed by atoms with Crippen molar-refractivity contribution in [1.82, 2.24) is 10.3 Å². The minimum Gasteiger partial charge on any atom is -0.478 e. The number of pyridine rings is 1. The van der Waals surface area contributed by atoms with Gasteiger partial charge in [0.25, 0.3) is 0 Å². The van der Waals surface area contributed by atoms with Gasteiger partial charge in [0.2, 0.25) is 0 Å². The Hall–Kier alpha value is -1.42. The van der Waals surface area contributed by atoms with Crippen LogP contribution in [0.5, 0.6) is 0 Å². The summed E-state index contributed by atoms with van der Waals surface area (Å²) in [4.78, 5) is 14.7. The van der Waals surface area contributed by atoms with Crippen molar-refractivity contribution in [2.75, 3.05) is 0 Å². The standard InChI is InChI=1S/C10H14N2O2/c1-7(2)12-6-9-5-8(10(13)14)3-4-11-9/h3-5,7,12H,6H2,1-2H3,(H,13,14). The van der Waals surface area contributed by atoms with Crippen LogP contribution in [0.15, 0.2) is 18.3 Å². The van der Waals surface area contributed by atoms with Crippen molar-refractivity contribution in [3.8, 4) is 0 Å². The van der Waals surface area contributed by atoms with Crippen molar-refractivity contribution in [1.29, 1.82) is 0 Å². The summed E-state index contributed by atoms with van der Waals surface area (Å²) in [5, 5.41) is 11.9. The van der Waals surface area contributed by atoms with Crippen LogP contribution in [0.1, 0.15) is 29.9 Å². The zero-order valence-electron chi connectivity index (χ0n) is 8.32. The van der Waals surface area contributed by atoms with E-state index >= 15 is 0 Å². The maximum absolute atomic E-state index is 10.6. The van der Waals surface area contributed by atoms with Crippen LogP contribution in [-0.4, -0.2) is 22.1 Å². The molecule has 0 saturated heterocycles. The molecule has 0 aliphatic heterocycles. The van der Waals surface area contributed by atoms with Gasteiger partial charge in [0.15, 0.2) is 0 Å². The average molecular weight is 194 g/mol. The van der Waals surface area contributed by atoms with Gasteiger partial charge in [-0.2, -0.15) is 0 Å². The second-order valence-corrected chi connectivity index (χ2v) is 3.38. The Morgan fingerprint density at radius 2 is 2.36 bits per heavy atom. The van der Waals surface area contributed by atoms with Crippen LogP contribution >= 0.6 is 0 Å². The Morgan fingerprint density at radius 1 is 1.64 bits per heavy atom. The van der Waals surface area contributed by atoms with Gasteiger partial charge in [0.1, 0.15) is 0 Å². The lowest BCUT2D eigenvalue weighted by atomic mass is 10.2. The van der Waals surface area contributed by atoms with Crippen molar-refractivity contribution in [2.24, 2.45) is 0 Å². The number of carboxylic acid groups (broad SMARTS) is 1. The molecule has 1 heterocycles. The lowest BCUT2D eigenvalue weighted by Crippen LogP contribution is -2.22. The van der Waals surface area contributed by atoms with Crippen LogP contribution < -0.4 is 5.32 Å². The van der Waals surface area contributed by atoms with E-state index in [2.05, 4.69) is 10.3 Å². The minimum absolute atomic E-state index is 0.278. The summed E-state index contributed by atoms with van der Waals surface area (Å²) in [5.41, 5.74) is 1.03. The predicted octanol–water partition coefficient (Wildman–Crippen LogP) is 1.28. The largest absolute Gasteiger partial charge is 0.478 e. The molecular weight excluding hydrogens is 180 g/mol. The molecule has 1 aromatic heterocycles. The van der Waals surface area contributed by atoms with E-state index in [1.165, 1.54) is 12.3 Å². The van der Waals surface area contributed by atoms with Gasteiger partial charge in [-0.1, -0.05) is 13.8 Å². The molecule has 0 aliphatic rings. The number of aromatic nitrogens is 1. The molecule has 0 aromatic carbocycles. The number of aromatic carboxylic acids is 1. The van der Waals surface area contributed by atoms with Crippen LogP contribution in [0, 0.1) is 0 Å². The molecule has 0 fully saturated rings. The first kappa shape index (κ1) is 10.7. The highest BCUT2D eigenvalue weighted by Crippen LogP contribution is 2.01. The summed E-state index contributed by atoms with van der Waals surface area (Å²) in [6, 6.07) is 3.43. The summed E-state index contributed by atoms with van der Waals surface area (Å²) >= 11 is 0. The summed E-state index contributed by atoms with van der Waals surface area (Å²) in [7, 11) is 0. The maximum Gasteiger partial charge on any atom is 0.335 e. The van der Waals surface area contributed by atoms with Gasteiger partial charge in [-0.15, -0.1) is 0 Å². The van der Waals surface area contributed by atoms with Crippen LogP contribution in [0.2, 0.25) is 0 Å². The van der Waals surface area contributed by atoms with E-state index in [1.807, 2.05) is 13.8 Å². The number of hydrogen-bond donors (Lipinski definition) is 2. The Kier molecular flexibility index (Phi) is 3.59. The fraction of sp³-hybridized carbons (Fsp3) is 0.400. The molecule has 0 aliphatic carbocycles. The molecule has 1 aromatic rings. The number of carbonyl (C=O) groups is 1. The Bertz CT molecular complexity index is 324. The Balaban J connectivity index is 2.69. The van der Waals surface area contributed by atoms with Crippen LogP contribution in [0.3, 0.4) is 0 Å². The lowest BCUT2D eigenvalue weighted by Gasteiger charge is -2.07. The van der Waals surface area contributed by atoms with Crippen molar-refractivity contribution < 1.29 is 9.90 Å². The smallest absolute Gasteiger partial charge is 0.335 e. The molecule has 4 nitrogen and oxygen atoms in total. The fourth-order valence-corrected chi connectivity index (χ4v) is 1.02. The molecule has 14 heavy (non-hydrogen) atoms. The second-order valence-electron chi connectivity index (χ2n) is 3.38. The van der Waals surface area contributed by atoms with Gasteiger partial charge in [-0.05, 0) is 12.1 Å². The van der Waals surface area contributed by atoms with E-state index in [1.54, 1.807) is 6.07 Å². The molecule has 1 rings (SSSR count). The number of carboxylic acids is 1. The number of hydrogen-bond acceptors (Lipinski definition) is 3. The minimum atomic E-state index is -0.918. The van der Waals surface area contributed by atoms with E-state index in [0.717, 1.165) is 5.69 Å². The highest BCUT2D eigenvalue weighted by Gasteiger charge is 2.03. The molecule has 0 spiro atoms. The quantitative estimate of drug-likeness (QED) is 0.757. The van der Waals surface area contributed by atoms with E-state index in [9.17, 15) is 4.79 Å². The second kappa shape index (κ2) is 4.72. The average Bonchev–Trinajstić information content (AvgIpc) is 2.15. The van der Waals surface area contributed by atoms with Crippen molar-refractivity contribution >= 4 is 5.97 Å². The zero-order chi connectivity index (χ0) is 10.6. The van der Waals surface area contributed by atoms with Crippen molar-refractivity contribution in [2.45, 2.75) is 26.4 Å². The van der Waals surface area contributed by atoms with Gasteiger partial charge in [0.05, 0.1) is 11.3 Å². The Labute approximate surface area is 83.0 Å². The molecule has 4 heteroatoms. The highest BCUT2D eigenvalue weighted by molar-refractivity contribution is 5.87. The Morgan fingerprint density at radius 3 is 2.93 bits per heavy atom. The molecule has 0 bridgehead atoms. The van der Waals surface area contributed by atoms with Crippen LogP contribution in [0.25, 0.3) is 0 Å². The lowest BCUT2D eigenvalue weighted by molar-refractivity contribution is 0.0696. The number of rotatable bonds is 4. The third-order valence-corrected chi connectivity index (χ3v) is 1.75. The molecule has 76 valence electrons. The SMILES string of the molecule is CC(C)NCc1cc(C(=O)O)ccn1. The van der Waals surface area contributed by atoms with Gasteiger partial charge in [0, 0.05) is 18.8 Å². The van der Waals surface area contributed by atoms with Gasteiger partial charge in [-0.25, -0.2) is 4.79 Å². The van der Waals surface area contributed by atoms with Crippen molar-refractivity contribution in [3.63, 3.8) is 0 Å². The third-order valence-electron chi connectivity index (χ3n) is 1.75. The number of nitrogens with one attached hydrogen (secondary N) is 1. The highest BCUT2D eigenvalue weighted by atomic mass is 16.4. The first-order valence-corrected chi connectivity index (χ1v) is 4.51. The van der Waals surface area contributed by atoms with Crippen LogP contribution in [0.4, 0.5) is 0 Å². The van der Waals surface area contributed by atoms with E-state index in [-0.39, 0.29) is 5.56 Å². The van der Waals surface area contributed by atoms with E-state index in [0.29, 0.717) is 12.6 Å². The summed E-state index contributed by atoms with van der Waals surface area (Å²) < 4.78 is 0. The van der Waals surface area contributed by atoms with Gasteiger partial charge < -0.3 is 10.4 Å². The zero-order valence-corrected chi connectivity index (χ0v) is 8.32. The molecule has 0 unspecified atom stereocenters. The molecule has 0 saturated carbocycles. The van der Waals surface area contributed by atoms with Crippen molar-refractivity contribution in [3.05, 3.63) is 29.6 Å². The fourth-order valence-electron chi connectivity index (χ4n) is 1.02. The topological polar surface area (TPSA) is 62.2 Å². The van der Waals surface area contributed by atoms with E-state index in [4.69, 9.17) is 5.11 Å². The summed E-state index contributed by atoms with van der Waals surface area (Å²) in [6.07, 6.45) is 1.51. The van der Waals surface area contributed by atoms with E-state index < -0.39 is 5.97 Å². The van der Waals surface area contributed by atoms with Gasteiger partial charge >= 0.3 is 5.97 Å². The van der Waals surface area contributed by atoms with Crippen LogP contribution in [-0.2, 0) is 6.54 Å². The monoisotopic (exact) mass is 194 g/mol. The maximum atomic E-state index is 10.6. The molecular formula is C10H14N2O2. The normalized spacial score (nSPS) is 10.5. The number of nitrogens with zero attached hydrogens (tertiary/aromatic N) is 1. The first-order valence-electron chi connectivity index (χ1n) is 4.51. The predicted molar refractivity (Wildman–Crippen MR) is 53.2 cm³/mol.